The van der Waals surface area contributed by atoms with Gasteiger partial charge in [-0.3, -0.25) is 14.8 Å². The van der Waals surface area contributed by atoms with Crippen LogP contribution in [0.2, 0.25) is 0 Å². The van der Waals surface area contributed by atoms with Crippen molar-refractivity contribution < 1.29 is 9.90 Å². The fourth-order valence-corrected chi connectivity index (χ4v) is 5.23. The number of likely N-dealkylation sites (N-methyl/N-ethyl adjacent to an activating group) is 2. The van der Waals surface area contributed by atoms with Gasteiger partial charge in [0.05, 0.1) is 17.4 Å². The summed E-state index contributed by atoms with van der Waals surface area (Å²) in [6, 6.07) is 0.633. The zero-order valence-electron chi connectivity index (χ0n) is 16.9. The van der Waals surface area contributed by atoms with Crippen LogP contribution in [-0.2, 0) is 6.42 Å². The van der Waals surface area contributed by atoms with Crippen LogP contribution < -0.4 is 0 Å². The summed E-state index contributed by atoms with van der Waals surface area (Å²) in [6.45, 7) is 6.94. The van der Waals surface area contributed by atoms with Gasteiger partial charge in [0.15, 0.2) is 0 Å². The highest BCUT2D eigenvalue weighted by molar-refractivity contribution is 5.94. The Morgan fingerprint density at radius 3 is 2.88 bits per heavy atom. The van der Waals surface area contributed by atoms with Crippen LogP contribution in [0.1, 0.15) is 68.9 Å². The molecule has 2 fully saturated rings. The first kappa shape index (κ1) is 19.4. The predicted molar refractivity (Wildman–Crippen MR) is 102 cm³/mol. The van der Waals surface area contributed by atoms with Crippen molar-refractivity contribution in [2.75, 3.05) is 20.6 Å². The number of nitrogens with zero attached hydrogens (tertiary/aromatic N) is 3. The van der Waals surface area contributed by atoms with E-state index in [4.69, 9.17) is 0 Å². The molecule has 1 aliphatic heterocycles. The fourth-order valence-electron chi connectivity index (χ4n) is 5.23. The van der Waals surface area contributed by atoms with Gasteiger partial charge in [-0.2, -0.15) is 5.10 Å². The zero-order chi connectivity index (χ0) is 19.1. The summed E-state index contributed by atoms with van der Waals surface area (Å²) in [4.78, 5) is 17.1. The molecule has 1 aliphatic carbocycles. The van der Waals surface area contributed by atoms with Gasteiger partial charge in [0.1, 0.15) is 0 Å². The van der Waals surface area contributed by atoms with E-state index in [0.29, 0.717) is 18.2 Å². The third-order valence-electron chi connectivity index (χ3n) is 7.22. The van der Waals surface area contributed by atoms with E-state index in [2.05, 4.69) is 29.1 Å². The van der Waals surface area contributed by atoms with Crippen molar-refractivity contribution in [3.05, 3.63) is 17.5 Å². The molecule has 2 N–H and O–H groups in total. The second-order valence-corrected chi connectivity index (χ2v) is 8.78. The van der Waals surface area contributed by atoms with Gasteiger partial charge in [0.2, 0.25) is 0 Å². The Bertz CT molecular complexity index is 656. The minimum absolute atomic E-state index is 0.0213. The average Bonchev–Trinajstić information content (AvgIpc) is 3.13. The summed E-state index contributed by atoms with van der Waals surface area (Å²) in [5, 5.41) is 18.1. The van der Waals surface area contributed by atoms with Crippen LogP contribution in [-0.4, -0.2) is 69.3 Å². The molecule has 1 aromatic rings. The van der Waals surface area contributed by atoms with Crippen LogP contribution in [0.5, 0.6) is 0 Å². The molecule has 0 radical (unpaired) electrons. The topological polar surface area (TPSA) is 72.5 Å². The molecule has 1 aromatic heterocycles. The molecule has 4 atom stereocenters. The summed E-state index contributed by atoms with van der Waals surface area (Å²) in [5.74, 6) is 0.0213. The minimum Gasteiger partial charge on any atom is -0.390 e. The number of aromatic nitrogens is 2. The normalized spacial score (nSPS) is 35.2. The lowest BCUT2D eigenvalue weighted by Gasteiger charge is -2.43. The number of fused-ring (bicyclic) bond motifs is 1. The van der Waals surface area contributed by atoms with E-state index >= 15 is 0 Å². The van der Waals surface area contributed by atoms with Gasteiger partial charge in [0, 0.05) is 36.8 Å². The second kappa shape index (κ2) is 6.97. The number of aryl methyl sites for hydroxylation is 1. The van der Waals surface area contributed by atoms with Crippen molar-refractivity contribution in [2.24, 2.45) is 5.41 Å². The monoisotopic (exact) mass is 362 g/mol. The molecule has 26 heavy (non-hydrogen) atoms. The summed E-state index contributed by atoms with van der Waals surface area (Å²) in [5.41, 5.74) is 0.779. The predicted octanol–water partition coefficient (Wildman–Crippen LogP) is 2.45. The summed E-state index contributed by atoms with van der Waals surface area (Å²) in [6.07, 6.45) is 7.56. The van der Waals surface area contributed by atoms with E-state index in [-0.39, 0.29) is 17.4 Å². The van der Waals surface area contributed by atoms with Crippen LogP contribution in [0.15, 0.2) is 6.20 Å². The molecule has 1 saturated heterocycles. The molecule has 0 spiro atoms. The number of carbonyl (C=O) groups is 1. The largest absolute Gasteiger partial charge is 0.390 e. The van der Waals surface area contributed by atoms with Gasteiger partial charge in [-0.25, -0.2) is 0 Å². The molecule has 6 heteroatoms. The maximum Gasteiger partial charge on any atom is 0.257 e. The lowest BCUT2D eigenvalue weighted by molar-refractivity contribution is -0.0754. The molecule has 1 saturated carbocycles. The molecule has 146 valence electrons. The molecular weight excluding hydrogens is 328 g/mol. The smallest absolute Gasteiger partial charge is 0.257 e. The third kappa shape index (κ3) is 3.07. The van der Waals surface area contributed by atoms with Gasteiger partial charge in [-0.15, -0.1) is 0 Å². The fraction of sp³-hybridized carbons (Fsp3) is 0.800. The molecule has 3 rings (SSSR count). The number of hydrogen-bond acceptors (Lipinski definition) is 4. The first-order chi connectivity index (χ1) is 12.2. The van der Waals surface area contributed by atoms with E-state index < -0.39 is 5.60 Å². The van der Waals surface area contributed by atoms with E-state index in [1.165, 1.54) is 0 Å². The first-order valence-electron chi connectivity index (χ1n) is 9.93. The van der Waals surface area contributed by atoms with Gasteiger partial charge in [0.25, 0.3) is 5.91 Å². The Labute approximate surface area is 156 Å². The van der Waals surface area contributed by atoms with Crippen molar-refractivity contribution in [3.8, 4) is 0 Å². The van der Waals surface area contributed by atoms with Crippen LogP contribution in [0.25, 0.3) is 0 Å². The Morgan fingerprint density at radius 1 is 1.46 bits per heavy atom. The number of carbonyl (C=O) groups excluding carboxylic acids is 1. The van der Waals surface area contributed by atoms with E-state index in [9.17, 15) is 9.90 Å². The number of aliphatic hydroxyl groups is 1. The van der Waals surface area contributed by atoms with Crippen molar-refractivity contribution in [1.82, 2.24) is 20.0 Å². The summed E-state index contributed by atoms with van der Waals surface area (Å²) >= 11 is 0. The SMILES string of the molecule is CCc1[nH]ncc1C(=O)N(C)C[C@H]1C[C@]2(C)[C@@H](CCCC[C@]2(C)O)N1C. The van der Waals surface area contributed by atoms with Crippen LogP contribution in [0, 0.1) is 5.41 Å². The molecular formula is C20H34N4O2. The molecule has 2 aliphatic rings. The quantitative estimate of drug-likeness (QED) is 0.863. The van der Waals surface area contributed by atoms with Crippen molar-refractivity contribution >= 4 is 5.91 Å². The minimum atomic E-state index is -0.653. The van der Waals surface area contributed by atoms with Crippen molar-refractivity contribution in [3.63, 3.8) is 0 Å². The summed E-state index contributed by atoms with van der Waals surface area (Å²) < 4.78 is 0. The van der Waals surface area contributed by atoms with E-state index in [1.54, 1.807) is 6.20 Å². The van der Waals surface area contributed by atoms with E-state index in [1.807, 2.05) is 25.8 Å². The molecule has 0 unspecified atom stereocenters. The highest BCUT2D eigenvalue weighted by Gasteiger charge is 2.57. The first-order valence-corrected chi connectivity index (χ1v) is 9.93. The molecule has 2 heterocycles. The average molecular weight is 363 g/mol. The number of hydrogen-bond donors (Lipinski definition) is 2. The Morgan fingerprint density at radius 2 is 2.19 bits per heavy atom. The number of nitrogens with one attached hydrogen (secondary N) is 1. The van der Waals surface area contributed by atoms with Crippen LogP contribution >= 0.6 is 0 Å². The summed E-state index contributed by atoms with van der Waals surface area (Å²) in [7, 11) is 4.03. The molecule has 6 nitrogen and oxygen atoms in total. The van der Waals surface area contributed by atoms with Crippen LogP contribution in [0.3, 0.4) is 0 Å². The molecule has 1 amide bonds. The second-order valence-electron chi connectivity index (χ2n) is 8.78. The van der Waals surface area contributed by atoms with E-state index in [0.717, 1.165) is 44.2 Å². The van der Waals surface area contributed by atoms with Gasteiger partial charge in [-0.1, -0.05) is 26.7 Å². The van der Waals surface area contributed by atoms with Crippen molar-refractivity contribution in [2.45, 2.75) is 77.0 Å². The lowest BCUT2D eigenvalue weighted by atomic mass is 9.67. The number of amides is 1. The van der Waals surface area contributed by atoms with Gasteiger partial charge < -0.3 is 10.0 Å². The number of likely N-dealkylation sites (tertiary alicyclic amines) is 1. The lowest BCUT2D eigenvalue weighted by Crippen LogP contribution is -2.50. The molecule has 0 aromatic carbocycles. The Hall–Kier alpha value is -1.40. The highest BCUT2D eigenvalue weighted by atomic mass is 16.3. The number of H-pyrrole nitrogens is 1. The Kier molecular flexibility index (Phi) is 5.19. The van der Waals surface area contributed by atoms with Gasteiger partial charge >= 0.3 is 0 Å². The maximum atomic E-state index is 12.9. The number of rotatable bonds is 4. The standard InChI is InChI=1S/C20H34N4O2/c1-6-16-15(12-21-22-16)18(25)23(4)13-14-11-19(2)17(24(14)5)9-7-8-10-20(19,3)26/h12,14,17,26H,6-11,13H2,1-5H3,(H,21,22)/t14-,17-,19-,20+/m1/s1. The van der Waals surface area contributed by atoms with Crippen LogP contribution in [0.4, 0.5) is 0 Å². The number of aromatic amines is 1. The molecule has 0 bridgehead atoms. The van der Waals surface area contributed by atoms with Gasteiger partial charge in [-0.05, 0) is 39.7 Å². The highest BCUT2D eigenvalue weighted by Crippen LogP contribution is 2.52. The zero-order valence-corrected chi connectivity index (χ0v) is 16.9. The maximum absolute atomic E-state index is 12.9. The third-order valence-corrected chi connectivity index (χ3v) is 7.22. The van der Waals surface area contributed by atoms with Crippen molar-refractivity contribution in [1.29, 1.82) is 0 Å². The Balaban J connectivity index is 1.75.